The first-order valence-corrected chi connectivity index (χ1v) is 9.73. The Hall–Kier alpha value is -1.99. The van der Waals surface area contributed by atoms with Gasteiger partial charge in [-0.05, 0) is 45.8 Å². The number of rotatable bonds is 5. The molecule has 1 amide bonds. The Morgan fingerprint density at radius 2 is 2.08 bits per heavy atom. The van der Waals surface area contributed by atoms with E-state index in [9.17, 15) is 14.0 Å². The zero-order valence-corrected chi connectivity index (χ0v) is 16.3. The molecule has 1 aliphatic carbocycles. The third-order valence-corrected chi connectivity index (χ3v) is 6.22. The summed E-state index contributed by atoms with van der Waals surface area (Å²) in [4.78, 5) is 25.3. The van der Waals surface area contributed by atoms with E-state index in [0.717, 1.165) is 4.47 Å². The second-order valence-corrected chi connectivity index (χ2v) is 7.75. The molecule has 0 fully saturated rings. The summed E-state index contributed by atoms with van der Waals surface area (Å²) in [5.74, 6) is -2.10. The van der Waals surface area contributed by atoms with Gasteiger partial charge in [0.2, 0.25) is 0 Å². The van der Waals surface area contributed by atoms with Crippen molar-refractivity contribution in [2.24, 2.45) is 5.92 Å². The molecule has 4 nitrogen and oxygen atoms in total. The summed E-state index contributed by atoms with van der Waals surface area (Å²) in [5.41, 5.74) is 0.307. The fraction of sp³-hybridized carbons (Fsp3) is 0.263. The van der Waals surface area contributed by atoms with E-state index in [1.165, 1.54) is 24.5 Å². The van der Waals surface area contributed by atoms with E-state index in [2.05, 4.69) is 21.2 Å². The van der Waals surface area contributed by atoms with Crippen LogP contribution < -0.4 is 5.32 Å². The Balaban J connectivity index is 1.74. The van der Waals surface area contributed by atoms with Crippen LogP contribution in [0.15, 0.2) is 52.3 Å². The summed E-state index contributed by atoms with van der Waals surface area (Å²) in [6.07, 6.45) is 4.20. The summed E-state index contributed by atoms with van der Waals surface area (Å²) in [7, 11) is 1.29. The molecule has 0 radical (unpaired) electrons. The van der Waals surface area contributed by atoms with E-state index in [1.807, 2.05) is 23.6 Å². The third-order valence-electron chi connectivity index (χ3n) is 4.38. The number of carbonyl (C=O) groups excluding carboxylic acids is 2. The lowest BCUT2D eigenvalue weighted by atomic mass is 9.85. The van der Waals surface area contributed by atoms with E-state index >= 15 is 0 Å². The SMILES string of the molecule is COC(=O)C(c1ccccc1F)C1C=CC(NC(=O)c2sccc2Br)C1. The van der Waals surface area contributed by atoms with Crippen molar-refractivity contribution in [2.45, 2.75) is 18.4 Å². The van der Waals surface area contributed by atoms with Crippen LogP contribution in [0.4, 0.5) is 4.39 Å². The molecular formula is C19H17BrFNO3S. The predicted octanol–water partition coefficient (Wildman–Crippen LogP) is 4.28. The van der Waals surface area contributed by atoms with Crippen molar-refractivity contribution in [1.29, 1.82) is 0 Å². The van der Waals surface area contributed by atoms with Crippen LogP contribution in [0.3, 0.4) is 0 Å². The van der Waals surface area contributed by atoms with Gasteiger partial charge in [0.1, 0.15) is 10.7 Å². The van der Waals surface area contributed by atoms with Crippen LogP contribution >= 0.6 is 27.3 Å². The summed E-state index contributed by atoms with van der Waals surface area (Å²) in [5, 5.41) is 4.77. The number of amides is 1. The number of hydrogen-bond acceptors (Lipinski definition) is 4. The molecule has 3 rings (SSSR count). The lowest BCUT2D eigenvalue weighted by Crippen LogP contribution is -2.33. The highest BCUT2D eigenvalue weighted by atomic mass is 79.9. The molecule has 3 unspecified atom stereocenters. The van der Waals surface area contributed by atoms with Crippen LogP contribution in [0.2, 0.25) is 0 Å². The molecule has 0 spiro atoms. The van der Waals surface area contributed by atoms with Crippen LogP contribution in [-0.4, -0.2) is 25.0 Å². The molecule has 26 heavy (non-hydrogen) atoms. The molecular weight excluding hydrogens is 421 g/mol. The number of halogens is 2. The molecule has 1 N–H and O–H groups in total. The average Bonchev–Trinajstić information content (AvgIpc) is 3.25. The highest BCUT2D eigenvalue weighted by Gasteiger charge is 2.35. The number of benzene rings is 1. The largest absolute Gasteiger partial charge is 0.469 e. The number of methoxy groups -OCH3 is 1. The number of hydrogen-bond donors (Lipinski definition) is 1. The van der Waals surface area contributed by atoms with Gasteiger partial charge in [0.15, 0.2) is 0 Å². The van der Waals surface area contributed by atoms with Crippen molar-refractivity contribution in [3.05, 3.63) is 68.6 Å². The zero-order chi connectivity index (χ0) is 18.7. The van der Waals surface area contributed by atoms with E-state index in [1.54, 1.807) is 18.2 Å². The fourth-order valence-electron chi connectivity index (χ4n) is 3.16. The Morgan fingerprint density at radius 1 is 1.31 bits per heavy atom. The predicted molar refractivity (Wildman–Crippen MR) is 102 cm³/mol. The van der Waals surface area contributed by atoms with Crippen LogP contribution in [0.25, 0.3) is 0 Å². The summed E-state index contributed by atoms with van der Waals surface area (Å²) in [6.45, 7) is 0. The van der Waals surface area contributed by atoms with Gasteiger partial charge in [-0.1, -0.05) is 30.4 Å². The van der Waals surface area contributed by atoms with Gasteiger partial charge < -0.3 is 10.1 Å². The van der Waals surface area contributed by atoms with Gasteiger partial charge in [-0.3, -0.25) is 9.59 Å². The maximum atomic E-state index is 14.2. The number of carbonyl (C=O) groups is 2. The summed E-state index contributed by atoms with van der Waals surface area (Å²) < 4.78 is 19.9. The Bertz CT molecular complexity index is 851. The minimum absolute atomic E-state index is 0.178. The van der Waals surface area contributed by atoms with Gasteiger partial charge in [0.05, 0.1) is 13.0 Å². The molecule has 0 saturated carbocycles. The van der Waals surface area contributed by atoms with Gasteiger partial charge in [-0.2, -0.15) is 0 Å². The Labute approximate surface area is 163 Å². The van der Waals surface area contributed by atoms with Crippen LogP contribution in [0.5, 0.6) is 0 Å². The van der Waals surface area contributed by atoms with Crippen molar-refractivity contribution in [3.63, 3.8) is 0 Å². The standard InChI is InChI=1S/C19H17BrFNO3S/c1-25-19(24)16(13-4-2-3-5-15(13)21)11-6-7-12(10-11)22-18(23)17-14(20)8-9-26-17/h2-9,11-12,16H,10H2,1H3,(H,22,23). The maximum absolute atomic E-state index is 14.2. The summed E-state index contributed by atoms with van der Waals surface area (Å²) in [6, 6.07) is 7.80. The monoisotopic (exact) mass is 437 g/mol. The highest BCUT2D eigenvalue weighted by Crippen LogP contribution is 2.35. The second-order valence-electron chi connectivity index (χ2n) is 5.98. The molecule has 1 aliphatic rings. The average molecular weight is 438 g/mol. The second kappa shape index (κ2) is 8.14. The van der Waals surface area contributed by atoms with E-state index in [0.29, 0.717) is 16.9 Å². The van der Waals surface area contributed by atoms with Crippen molar-refractivity contribution in [3.8, 4) is 0 Å². The van der Waals surface area contributed by atoms with Gasteiger partial charge >= 0.3 is 5.97 Å². The molecule has 1 heterocycles. The maximum Gasteiger partial charge on any atom is 0.313 e. The Kier molecular flexibility index (Phi) is 5.88. The first-order valence-electron chi connectivity index (χ1n) is 8.05. The van der Waals surface area contributed by atoms with E-state index in [4.69, 9.17) is 4.74 Å². The molecule has 1 aromatic carbocycles. The number of ether oxygens (including phenoxy) is 1. The van der Waals surface area contributed by atoms with Gasteiger partial charge in [-0.15, -0.1) is 11.3 Å². The lowest BCUT2D eigenvalue weighted by molar-refractivity contribution is -0.143. The van der Waals surface area contributed by atoms with Gasteiger partial charge in [0.25, 0.3) is 5.91 Å². The first-order chi connectivity index (χ1) is 12.5. The molecule has 2 aromatic rings. The third kappa shape index (κ3) is 3.88. The number of allylic oxidation sites excluding steroid dienone is 1. The molecule has 7 heteroatoms. The topological polar surface area (TPSA) is 55.4 Å². The van der Waals surface area contributed by atoms with Gasteiger partial charge in [0, 0.05) is 16.1 Å². The number of thiophene rings is 1. The molecule has 1 aromatic heterocycles. The number of esters is 1. The van der Waals surface area contributed by atoms with Crippen molar-refractivity contribution >= 4 is 39.1 Å². The minimum Gasteiger partial charge on any atom is -0.469 e. The molecule has 0 aliphatic heterocycles. The molecule has 0 saturated heterocycles. The summed E-state index contributed by atoms with van der Waals surface area (Å²) >= 11 is 4.70. The fourth-order valence-corrected chi connectivity index (χ4v) is 4.61. The smallest absolute Gasteiger partial charge is 0.313 e. The van der Waals surface area contributed by atoms with E-state index in [-0.39, 0.29) is 17.9 Å². The normalized spacial score (nSPS) is 20.0. The molecule has 0 bridgehead atoms. The minimum atomic E-state index is -0.743. The molecule has 3 atom stereocenters. The van der Waals surface area contributed by atoms with Crippen LogP contribution in [-0.2, 0) is 9.53 Å². The lowest BCUT2D eigenvalue weighted by Gasteiger charge is -2.22. The van der Waals surface area contributed by atoms with Crippen LogP contribution in [0, 0.1) is 11.7 Å². The van der Waals surface area contributed by atoms with E-state index < -0.39 is 17.7 Å². The quantitative estimate of drug-likeness (QED) is 0.560. The number of nitrogens with one attached hydrogen (secondary N) is 1. The first kappa shape index (κ1) is 18.8. The van der Waals surface area contributed by atoms with Crippen molar-refractivity contribution < 1.29 is 18.7 Å². The highest BCUT2D eigenvalue weighted by molar-refractivity contribution is 9.10. The zero-order valence-electron chi connectivity index (χ0n) is 13.9. The molecule has 136 valence electrons. The Morgan fingerprint density at radius 3 is 2.73 bits per heavy atom. The van der Waals surface area contributed by atoms with Crippen LogP contribution in [0.1, 0.15) is 27.6 Å². The van der Waals surface area contributed by atoms with Crippen molar-refractivity contribution in [1.82, 2.24) is 5.32 Å². The van der Waals surface area contributed by atoms with Crippen molar-refractivity contribution in [2.75, 3.05) is 7.11 Å². The van der Waals surface area contributed by atoms with Gasteiger partial charge in [-0.25, -0.2) is 4.39 Å².